The Morgan fingerprint density at radius 3 is 2.67 bits per heavy atom. The summed E-state index contributed by atoms with van der Waals surface area (Å²) in [4.78, 5) is 15.0. The van der Waals surface area contributed by atoms with Gasteiger partial charge in [-0.05, 0) is 42.5 Å². The second kappa shape index (κ2) is 7.51. The molecular formula is C19H26FNO3. The van der Waals surface area contributed by atoms with Crippen LogP contribution in [0.1, 0.15) is 42.9 Å². The van der Waals surface area contributed by atoms with Crippen molar-refractivity contribution in [3.8, 4) is 11.5 Å². The van der Waals surface area contributed by atoms with Crippen LogP contribution in [-0.2, 0) is 11.2 Å². The Balaban J connectivity index is 1.79. The van der Waals surface area contributed by atoms with Gasteiger partial charge in [-0.3, -0.25) is 14.1 Å². The second-order valence-corrected chi connectivity index (χ2v) is 6.72. The van der Waals surface area contributed by atoms with E-state index in [1.54, 1.807) is 14.2 Å². The van der Waals surface area contributed by atoms with Crippen LogP contribution in [0, 0.1) is 5.92 Å². The molecule has 0 aromatic heterocycles. The van der Waals surface area contributed by atoms with E-state index in [2.05, 4.69) is 4.90 Å². The maximum Gasteiger partial charge on any atom is 0.161 e. The van der Waals surface area contributed by atoms with Crippen LogP contribution in [0.3, 0.4) is 0 Å². The van der Waals surface area contributed by atoms with E-state index in [9.17, 15) is 9.18 Å². The van der Waals surface area contributed by atoms with Crippen molar-refractivity contribution in [2.24, 2.45) is 5.92 Å². The van der Waals surface area contributed by atoms with E-state index in [0.717, 1.165) is 43.9 Å². The maximum atomic E-state index is 12.6. The summed E-state index contributed by atoms with van der Waals surface area (Å²) in [5.74, 6) is 1.85. The first kappa shape index (κ1) is 17.2. The molecule has 132 valence electrons. The van der Waals surface area contributed by atoms with Crippen molar-refractivity contribution < 1.29 is 18.7 Å². The number of hydrogen-bond acceptors (Lipinski definition) is 4. The molecule has 0 aliphatic carbocycles. The van der Waals surface area contributed by atoms with Gasteiger partial charge in [-0.25, -0.2) is 0 Å². The number of carbonyl (C=O) groups excluding carboxylic acids is 1. The summed E-state index contributed by atoms with van der Waals surface area (Å²) in [6.07, 6.45) is 3.67. The van der Waals surface area contributed by atoms with Crippen LogP contribution >= 0.6 is 0 Å². The number of hydrogen-bond donors (Lipinski definition) is 0. The number of methoxy groups -OCH3 is 2. The van der Waals surface area contributed by atoms with E-state index in [1.165, 1.54) is 11.1 Å². The van der Waals surface area contributed by atoms with E-state index in [1.807, 2.05) is 12.1 Å². The van der Waals surface area contributed by atoms with Crippen LogP contribution in [0.2, 0.25) is 0 Å². The minimum Gasteiger partial charge on any atom is -0.493 e. The zero-order valence-corrected chi connectivity index (χ0v) is 14.5. The summed E-state index contributed by atoms with van der Waals surface area (Å²) in [5.41, 5.74) is 2.44. The standard InChI is InChI=1S/C19H26FNO3/c1-23-18-9-13-6-8-21-12-14(5-3-4-7-20)17(22)11-16(21)15(13)10-19(18)24-2/h9-10,14,16H,3-8,11-12H2,1-2H3/t14-,16-/m1/s1/i20+0. The molecular weight excluding hydrogens is 309 g/mol. The summed E-state index contributed by atoms with van der Waals surface area (Å²) in [7, 11) is 3.28. The van der Waals surface area contributed by atoms with Crippen LogP contribution in [0.5, 0.6) is 11.5 Å². The molecule has 0 unspecified atom stereocenters. The van der Waals surface area contributed by atoms with Gasteiger partial charge in [0.1, 0.15) is 5.78 Å². The molecule has 4 nitrogen and oxygen atoms in total. The minimum absolute atomic E-state index is 0.0643. The number of alkyl halides is 1. The first-order valence-electron chi connectivity index (χ1n) is 8.75. The Labute approximate surface area is 142 Å². The number of rotatable bonds is 6. The summed E-state index contributed by atoms with van der Waals surface area (Å²) in [6, 6.07) is 4.21. The predicted molar refractivity (Wildman–Crippen MR) is 90.5 cm³/mol. The van der Waals surface area contributed by atoms with Gasteiger partial charge in [0.05, 0.1) is 20.9 Å². The zero-order valence-electron chi connectivity index (χ0n) is 14.5. The minimum atomic E-state index is -0.289. The molecule has 2 aliphatic rings. The molecule has 1 fully saturated rings. The predicted octanol–water partition coefficient (Wildman–Crippen LogP) is 3.33. The molecule has 1 aromatic rings. The van der Waals surface area contributed by atoms with Crippen LogP contribution in [0.15, 0.2) is 12.1 Å². The molecule has 0 radical (unpaired) electrons. The average Bonchev–Trinajstić information content (AvgIpc) is 2.61. The van der Waals surface area contributed by atoms with Gasteiger partial charge in [-0.1, -0.05) is 6.42 Å². The lowest BCUT2D eigenvalue weighted by Crippen LogP contribution is -2.46. The van der Waals surface area contributed by atoms with Crippen LogP contribution < -0.4 is 9.47 Å². The number of piperidine rings is 1. The van der Waals surface area contributed by atoms with Crippen molar-refractivity contribution in [2.45, 2.75) is 38.1 Å². The number of halogens is 1. The molecule has 2 heterocycles. The van der Waals surface area contributed by atoms with Gasteiger partial charge in [-0.15, -0.1) is 0 Å². The molecule has 5 heteroatoms. The number of fused-ring (bicyclic) bond motifs is 3. The van der Waals surface area contributed by atoms with Gasteiger partial charge in [0.25, 0.3) is 0 Å². The summed E-state index contributed by atoms with van der Waals surface area (Å²) in [6.45, 7) is 1.46. The largest absolute Gasteiger partial charge is 0.493 e. The maximum absolute atomic E-state index is 12.6. The van der Waals surface area contributed by atoms with Crippen LogP contribution in [-0.4, -0.2) is 44.7 Å². The average molecular weight is 335 g/mol. The molecule has 0 spiro atoms. The van der Waals surface area contributed by atoms with Crippen molar-refractivity contribution in [2.75, 3.05) is 34.0 Å². The van der Waals surface area contributed by atoms with Gasteiger partial charge in [0.15, 0.2) is 11.5 Å². The lowest BCUT2D eigenvalue weighted by atomic mass is 9.81. The monoisotopic (exact) mass is 335 g/mol. The zero-order chi connectivity index (χ0) is 17.1. The Hall–Kier alpha value is -1.62. The van der Waals surface area contributed by atoms with Gasteiger partial charge in [0, 0.05) is 31.5 Å². The van der Waals surface area contributed by atoms with Crippen LogP contribution in [0.25, 0.3) is 0 Å². The quantitative estimate of drug-likeness (QED) is 0.748. The highest BCUT2D eigenvalue weighted by molar-refractivity contribution is 5.83. The molecule has 0 saturated carbocycles. The summed E-state index contributed by atoms with van der Waals surface area (Å²) < 4.78 is 23.1. The van der Waals surface area contributed by atoms with Gasteiger partial charge in [0.2, 0.25) is 0 Å². The highest BCUT2D eigenvalue weighted by Gasteiger charge is 2.38. The number of benzene rings is 1. The van der Waals surface area contributed by atoms with E-state index in [4.69, 9.17) is 9.47 Å². The number of ketones is 1. The van der Waals surface area contributed by atoms with Crippen molar-refractivity contribution in [1.82, 2.24) is 4.90 Å². The second-order valence-electron chi connectivity index (χ2n) is 6.72. The Bertz CT molecular complexity index is 605. The SMILES string of the molecule is COc1cc2c(cc1OC)[C@H]1CC(=O)[C@H](CCCC[19F])CN1CC2. The van der Waals surface area contributed by atoms with E-state index in [-0.39, 0.29) is 18.6 Å². The summed E-state index contributed by atoms with van der Waals surface area (Å²) in [5, 5.41) is 0. The number of ether oxygens (including phenoxy) is 2. The molecule has 3 rings (SSSR count). The van der Waals surface area contributed by atoms with Crippen molar-refractivity contribution in [3.05, 3.63) is 23.3 Å². The Kier molecular flexibility index (Phi) is 5.39. The van der Waals surface area contributed by atoms with Crippen molar-refractivity contribution >= 4 is 5.78 Å². The van der Waals surface area contributed by atoms with E-state index in [0.29, 0.717) is 18.6 Å². The highest BCUT2D eigenvalue weighted by Crippen LogP contribution is 2.42. The van der Waals surface area contributed by atoms with Crippen molar-refractivity contribution in [3.63, 3.8) is 0 Å². The number of nitrogens with zero attached hydrogens (tertiary/aromatic N) is 1. The van der Waals surface area contributed by atoms with Gasteiger partial charge >= 0.3 is 0 Å². The Morgan fingerprint density at radius 1 is 1.21 bits per heavy atom. The smallest absolute Gasteiger partial charge is 0.161 e. The molecule has 1 saturated heterocycles. The van der Waals surface area contributed by atoms with Crippen LogP contribution in [0.4, 0.5) is 4.39 Å². The highest BCUT2D eigenvalue weighted by atomic mass is 19.1. The molecule has 24 heavy (non-hydrogen) atoms. The molecule has 2 aliphatic heterocycles. The molecule has 2 atom stereocenters. The molecule has 0 bridgehead atoms. The Morgan fingerprint density at radius 2 is 1.96 bits per heavy atom. The lowest BCUT2D eigenvalue weighted by molar-refractivity contribution is -0.129. The molecule has 1 aromatic carbocycles. The third-order valence-electron chi connectivity index (χ3n) is 5.35. The van der Waals surface area contributed by atoms with E-state index < -0.39 is 0 Å². The summed E-state index contributed by atoms with van der Waals surface area (Å²) >= 11 is 0. The fraction of sp³-hybridized carbons (Fsp3) is 0.632. The first-order valence-corrected chi connectivity index (χ1v) is 8.75. The third kappa shape index (κ3) is 3.27. The molecule has 0 N–H and O–H groups in total. The number of carbonyl (C=O) groups is 1. The fourth-order valence-corrected chi connectivity index (χ4v) is 4.02. The lowest BCUT2D eigenvalue weighted by Gasteiger charge is -2.43. The topological polar surface area (TPSA) is 38.8 Å². The number of Topliss-reactive ketones (excluding diaryl/α,β-unsaturated/α-hetero) is 1. The first-order chi connectivity index (χ1) is 11.7. The normalized spacial score (nSPS) is 23.5. The molecule has 0 amide bonds. The fourth-order valence-electron chi connectivity index (χ4n) is 4.02. The van der Waals surface area contributed by atoms with Gasteiger partial charge < -0.3 is 9.47 Å². The third-order valence-corrected chi connectivity index (χ3v) is 5.35. The van der Waals surface area contributed by atoms with Gasteiger partial charge in [-0.2, -0.15) is 0 Å². The number of unbranched alkanes of at least 4 members (excludes halogenated alkanes) is 1. The van der Waals surface area contributed by atoms with Crippen molar-refractivity contribution in [1.29, 1.82) is 0 Å². The van der Waals surface area contributed by atoms with E-state index >= 15 is 0 Å².